The molecule has 0 heterocycles. The van der Waals surface area contributed by atoms with Gasteiger partial charge in [-0.3, -0.25) is 9.59 Å². The van der Waals surface area contributed by atoms with Crippen molar-refractivity contribution in [2.24, 2.45) is 0 Å². The van der Waals surface area contributed by atoms with Gasteiger partial charge in [-0.15, -0.1) is 0 Å². The van der Waals surface area contributed by atoms with Gasteiger partial charge in [-0.05, 0) is 36.6 Å². The van der Waals surface area contributed by atoms with Crippen LogP contribution in [-0.4, -0.2) is 11.8 Å². The molecule has 2 amide bonds. The SMILES string of the molecule is Cc1cccc(CCC(=O)Nc2cccc(CNC(=O)CC#N)c2)c1. The second-order valence-electron chi connectivity index (χ2n) is 5.85. The van der Waals surface area contributed by atoms with Crippen molar-refractivity contribution in [3.63, 3.8) is 0 Å². The van der Waals surface area contributed by atoms with Crippen LogP contribution in [0.1, 0.15) is 29.5 Å². The minimum absolute atomic E-state index is 0.0489. The first kappa shape index (κ1) is 18.2. The number of amides is 2. The lowest BCUT2D eigenvalue weighted by Crippen LogP contribution is -2.22. The fourth-order valence-corrected chi connectivity index (χ4v) is 2.44. The largest absolute Gasteiger partial charge is 0.351 e. The lowest BCUT2D eigenvalue weighted by molar-refractivity contribution is -0.120. The van der Waals surface area contributed by atoms with Crippen molar-refractivity contribution in [2.75, 3.05) is 5.32 Å². The summed E-state index contributed by atoms with van der Waals surface area (Å²) in [6.45, 7) is 2.36. The fraction of sp³-hybridized carbons (Fsp3) is 0.250. The molecular formula is C20H21N3O2. The van der Waals surface area contributed by atoms with E-state index in [1.165, 1.54) is 5.56 Å². The highest BCUT2D eigenvalue weighted by atomic mass is 16.2. The number of carbonyl (C=O) groups excluding carboxylic acids is 2. The molecule has 0 aliphatic carbocycles. The molecule has 5 nitrogen and oxygen atoms in total. The van der Waals surface area contributed by atoms with Crippen LogP contribution in [0.4, 0.5) is 5.69 Å². The number of nitriles is 1. The summed E-state index contributed by atoms with van der Waals surface area (Å²) in [5.41, 5.74) is 3.89. The van der Waals surface area contributed by atoms with E-state index in [9.17, 15) is 9.59 Å². The standard InChI is InChI=1S/C20H21N3O2/c1-15-4-2-5-16(12-15)8-9-20(25)23-18-7-3-6-17(13-18)14-22-19(24)10-11-21/h2-7,12-13H,8-10,14H2,1H3,(H,22,24)(H,23,25). The molecule has 0 saturated heterocycles. The fourth-order valence-electron chi connectivity index (χ4n) is 2.44. The first-order valence-corrected chi connectivity index (χ1v) is 8.15. The van der Waals surface area contributed by atoms with Gasteiger partial charge in [-0.25, -0.2) is 0 Å². The molecule has 0 fully saturated rings. The first-order valence-electron chi connectivity index (χ1n) is 8.15. The number of hydrogen-bond acceptors (Lipinski definition) is 3. The summed E-state index contributed by atoms with van der Waals surface area (Å²) in [5.74, 6) is -0.359. The Labute approximate surface area is 147 Å². The van der Waals surface area contributed by atoms with Crippen molar-refractivity contribution in [2.45, 2.75) is 32.7 Å². The third kappa shape index (κ3) is 6.48. The summed E-state index contributed by atoms with van der Waals surface area (Å²) in [6, 6.07) is 17.2. The van der Waals surface area contributed by atoms with Gasteiger partial charge in [-0.2, -0.15) is 5.26 Å². The zero-order valence-corrected chi connectivity index (χ0v) is 14.2. The average Bonchev–Trinajstić information content (AvgIpc) is 2.59. The molecule has 2 N–H and O–H groups in total. The van der Waals surface area contributed by atoms with E-state index in [0.29, 0.717) is 25.1 Å². The number of nitrogens with one attached hydrogen (secondary N) is 2. The molecule has 0 unspecified atom stereocenters. The number of hydrogen-bond donors (Lipinski definition) is 2. The Hall–Kier alpha value is -3.13. The maximum absolute atomic E-state index is 12.1. The molecule has 0 radical (unpaired) electrons. The van der Waals surface area contributed by atoms with E-state index >= 15 is 0 Å². The molecular weight excluding hydrogens is 314 g/mol. The average molecular weight is 335 g/mol. The second kappa shape index (κ2) is 9.24. The minimum Gasteiger partial charge on any atom is -0.351 e. The van der Waals surface area contributed by atoms with Gasteiger partial charge >= 0.3 is 0 Å². The van der Waals surface area contributed by atoms with Gasteiger partial charge < -0.3 is 10.6 Å². The monoisotopic (exact) mass is 335 g/mol. The Kier molecular flexibility index (Phi) is 6.73. The summed E-state index contributed by atoms with van der Waals surface area (Å²) in [6.07, 6.45) is 0.944. The molecule has 0 saturated carbocycles. The van der Waals surface area contributed by atoms with E-state index in [1.54, 1.807) is 6.07 Å². The minimum atomic E-state index is -0.310. The predicted octanol–water partition coefficient (Wildman–Crippen LogP) is 3.10. The van der Waals surface area contributed by atoms with Crippen LogP contribution in [0.15, 0.2) is 48.5 Å². The van der Waals surface area contributed by atoms with Crippen molar-refractivity contribution >= 4 is 17.5 Å². The highest BCUT2D eigenvalue weighted by molar-refractivity contribution is 5.90. The summed E-state index contributed by atoms with van der Waals surface area (Å²) >= 11 is 0. The van der Waals surface area contributed by atoms with Gasteiger partial charge in [0, 0.05) is 18.7 Å². The summed E-state index contributed by atoms with van der Waals surface area (Å²) in [7, 11) is 0. The van der Waals surface area contributed by atoms with Crippen LogP contribution >= 0.6 is 0 Å². The molecule has 25 heavy (non-hydrogen) atoms. The summed E-state index contributed by atoms with van der Waals surface area (Å²) in [4.78, 5) is 23.4. The van der Waals surface area contributed by atoms with Gasteiger partial charge in [0.05, 0.1) is 6.07 Å². The third-order valence-corrected chi connectivity index (χ3v) is 3.66. The third-order valence-electron chi connectivity index (χ3n) is 3.66. The van der Waals surface area contributed by atoms with Gasteiger partial charge in [0.2, 0.25) is 11.8 Å². The zero-order valence-electron chi connectivity index (χ0n) is 14.2. The van der Waals surface area contributed by atoms with Gasteiger partial charge in [0.25, 0.3) is 0 Å². The van der Waals surface area contributed by atoms with E-state index in [0.717, 1.165) is 11.1 Å². The van der Waals surface area contributed by atoms with Crippen LogP contribution in [0.3, 0.4) is 0 Å². The normalized spacial score (nSPS) is 9.92. The molecule has 0 bridgehead atoms. The topological polar surface area (TPSA) is 82.0 Å². The molecule has 0 atom stereocenters. The van der Waals surface area contributed by atoms with Crippen LogP contribution in [0.25, 0.3) is 0 Å². The molecule has 0 spiro atoms. The maximum atomic E-state index is 12.1. The van der Waals surface area contributed by atoms with Crippen molar-refractivity contribution in [1.29, 1.82) is 5.26 Å². The van der Waals surface area contributed by atoms with Crippen LogP contribution in [0.5, 0.6) is 0 Å². The molecule has 0 aliphatic rings. The molecule has 128 valence electrons. The Morgan fingerprint density at radius 2 is 1.80 bits per heavy atom. The Balaban J connectivity index is 1.85. The Morgan fingerprint density at radius 3 is 2.56 bits per heavy atom. The first-order chi connectivity index (χ1) is 12.1. The summed E-state index contributed by atoms with van der Waals surface area (Å²) in [5, 5.41) is 14.0. The molecule has 2 aromatic carbocycles. The van der Waals surface area contributed by atoms with E-state index in [1.807, 2.05) is 49.4 Å². The van der Waals surface area contributed by atoms with Gasteiger partial charge in [-0.1, -0.05) is 42.0 Å². The lowest BCUT2D eigenvalue weighted by Gasteiger charge is -2.08. The van der Waals surface area contributed by atoms with E-state index in [-0.39, 0.29) is 18.2 Å². The van der Waals surface area contributed by atoms with E-state index in [2.05, 4.69) is 16.7 Å². The highest BCUT2D eigenvalue weighted by Crippen LogP contribution is 2.12. The predicted molar refractivity (Wildman–Crippen MR) is 96.6 cm³/mol. The smallest absolute Gasteiger partial charge is 0.234 e. The van der Waals surface area contributed by atoms with Crippen molar-refractivity contribution < 1.29 is 9.59 Å². The lowest BCUT2D eigenvalue weighted by atomic mass is 10.1. The number of rotatable bonds is 7. The number of benzene rings is 2. The molecule has 2 rings (SSSR count). The van der Waals surface area contributed by atoms with E-state index < -0.39 is 0 Å². The van der Waals surface area contributed by atoms with Crippen LogP contribution in [0.2, 0.25) is 0 Å². The Bertz CT molecular complexity index is 794. The number of anilines is 1. The van der Waals surface area contributed by atoms with Crippen LogP contribution in [0, 0.1) is 18.3 Å². The Morgan fingerprint density at radius 1 is 1.04 bits per heavy atom. The summed E-state index contributed by atoms with van der Waals surface area (Å²) < 4.78 is 0. The number of nitrogens with zero attached hydrogens (tertiary/aromatic N) is 1. The van der Waals surface area contributed by atoms with Crippen molar-refractivity contribution in [3.05, 3.63) is 65.2 Å². The van der Waals surface area contributed by atoms with Crippen LogP contribution in [-0.2, 0) is 22.6 Å². The zero-order chi connectivity index (χ0) is 18.1. The van der Waals surface area contributed by atoms with Gasteiger partial charge in [0.1, 0.15) is 6.42 Å². The number of carbonyl (C=O) groups is 2. The molecule has 0 aromatic heterocycles. The van der Waals surface area contributed by atoms with Gasteiger partial charge in [0.15, 0.2) is 0 Å². The second-order valence-corrected chi connectivity index (χ2v) is 5.85. The molecule has 5 heteroatoms. The molecule has 2 aromatic rings. The maximum Gasteiger partial charge on any atom is 0.234 e. The van der Waals surface area contributed by atoms with E-state index in [4.69, 9.17) is 5.26 Å². The molecule has 0 aliphatic heterocycles. The number of aryl methyl sites for hydroxylation is 2. The quantitative estimate of drug-likeness (QED) is 0.816. The van der Waals surface area contributed by atoms with Crippen molar-refractivity contribution in [3.8, 4) is 6.07 Å². The van der Waals surface area contributed by atoms with Crippen LogP contribution < -0.4 is 10.6 Å². The van der Waals surface area contributed by atoms with Crippen molar-refractivity contribution in [1.82, 2.24) is 5.32 Å². The highest BCUT2D eigenvalue weighted by Gasteiger charge is 2.05.